The molecule has 3 heteroatoms. The van der Waals surface area contributed by atoms with Crippen molar-refractivity contribution in [3.8, 4) is 5.75 Å². The Labute approximate surface area is 181 Å². The zero-order valence-electron chi connectivity index (χ0n) is 19.4. The number of methoxy groups -OCH3 is 1. The summed E-state index contributed by atoms with van der Waals surface area (Å²) in [5.41, 5.74) is 1.24. The average molecular weight is 409 g/mol. The maximum atomic E-state index is 13.9. The van der Waals surface area contributed by atoms with Crippen LogP contribution in [0.2, 0.25) is 0 Å². The molecule has 3 fully saturated rings. The van der Waals surface area contributed by atoms with E-state index in [0.717, 1.165) is 23.3 Å². The molecule has 4 aliphatic rings. The molecule has 1 aromatic rings. The van der Waals surface area contributed by atoms with E-state index in [0.29, 0.717) is 17.8 Å². The van der Waals surface area contributed by atoms with Crippen LogP contribution in [0.5, 0.6) is 5.75 Å². The molecule has 0 spiro atoms. The zero-order valence-corrected chi connectivity index (χ0v) is 19.4. The smallest absolute Gasteiger partial charge is 0.168 e. The van der Waals surface area contributed by atoms with Crippen LogP contribution >= 0.6 is 0 Å². The Hall–Kier alpha value is -1.64. The molecule has 0 N–H and O–H groups in total. The molecule has 0 unspecified atom stereocenters. The molecule has 6 atom stereocenters. The second kappa shape index (κ2) is 5.99. The average Bonchev–Trinajstić information content (AvgIpc) is 2.92. The highest BCUT2D eigenvalue weighted by molar-refractivity contribution is 6.12. The van der Waals surface area contributed by atoms with Crippen molar-refractivity contribution in [1.82, 2.24) is 0 Å². The van der Waals surface area contributed by atoms with Crippen LogP contribution in [-0.2, 0) is 10.2 Å². The summed E-state index contributed by atoms with van der Waals surface area (Å²) in [6.45, 7) is 11.7. The largest absolute Gasteiger partial charge is 0.497 e. The Morgan fingerprint density at radius 2 is 1.67 bits per heavy atom. The van der Waals surface area contributed by atoms with Crippen LogP contribution in [-0.4, -0.2) is 18.7 Å². The number of rotatable bonds is 1. The van der Waals surface area contributed by atoms with Crippen molar-refractivity contribution in [3.63, 3.8) is 0 Å². The van der Waals surface area contributed by atoms with Gasteiger partial charge in [-0.25, -0.2) is 0 Å². The third-order valence-electron chi connectivity index (χ3n) is 10.4. The number of carbonyl (C=O) groups is 2. The highest BCUT2D eigenvalue weighted by atomic mass is 16.5. The first kappa shape index (κ1) is 20.3. The second-order valence-electron chi connectivity index (χ2n) is 12.0. The number of benzene rings is 1. The standard InChI is InChI=1S/C27H36O3/c1-24(2)11-7-12-25(3)19(24)10-13-26(4)20(25)15-21(28)27(5)18-14-16(30-6)8-9-17(18)22(29)23(26)27/h8-9,14,19-20,23H,7,10-13,15H2,1-6H3/t19-,20+,23-,25-,26+,27+/m0/s1. The topological polar surface area (TPSA) is 43.4 Å². The van der Waals surface area contributed by atoms with E-state index >= 15 is 0 Å². The van der Waals surface area contributed by atoms with E-state index in [1.165, 1.54) is 25.7 Å². The SMILES string of the molecule is COc1ccc2c(c1)[C@]1(C)C(=O)C[C@@H]3[C@@]4(C)CCCC(C)(C)[C@@H]4CC[C@@]3(C)[C@@H]1C2=O. The predicted octanol–water partition coefficient (Wildman–Crippen LogP) is 5.99. The lowest BCUT2D eigenvalue weighted by atomic mass is 9.37. The Morgan fingerprint density at radius 1 is 0.933 bits per heavy atom. The molecule has 0 aliphatic heterocycles. The molecule has 5 rings (SSSR count). The fourth-order valence-corrected chi connectivity index (χ4v) is 9.03. The van der Waals surface area contributed by atoms with Crippen molar-refractivity contribution in [3.05, 3.63) is 29.3 Å². The summed E-state index contributed by atoms with van der Waals surface area (Å²) in [6.07, 6.45) is 6.52. The lowest BCUT2D eigenvalue weighted by Gasteiger charge is -2.66. The van der Waals surface area contributed by atoms with E-state index in [9.17, 15) is 9.59 Å². The quantitative estimate of drug-likeness (QED) is 0.573. The summed E-state index contributed by atoms with van der Waals surface area (Å²) in [6, 6.07) is 5.71. The fourth-order valence-electron chi connectivity index (χ4n) is 9.03. The Bertz CT molecular complexity index is 945. The van der Waals surface area contributed by atoms with E-state index in [1.54, 1.807) is 7.11 Å². The van der Waals surface area contributed by atoms with Gasteiger partial charge in [-0.15, -0.1) is 0 Å². The van der Waals surface area contributed by atoms with Gasteiger partial charge in [-0.05, 0) is 84.5 Å². The van der Waals surface area contributed by atoms with E-state index in [-0.39, 0.29) is 34.2 Å². The van der Waals surface area contributed by atoms with Gasteiger partial charge in [0.25, 0.3) is 0 Å². The van der Waals surface area contributed by atoms with Crippen LogP contribution < -0.4 is 4.74 Å². The normalized spacial score (nSPS) is 44.0. The molecule has 3 saturated carbocycles. The first-order valence-corrected chi connectivity index (χ1v) is 11.8. The summed E-state index contributed by atoms with van der Waals surface area (Å²) < 4.78 is 5.45. The molecule has 0 heterocycles. The van der Waals surface area contributed by atoms with Crippen LogP contribution in [0.25, 0.3) is 0 Å². The number of ketones is 2. The van der Waals surface area contributed by atoms with Gasteiger partial charge in [0.1, 0.15) is 11.5 Å². The van der Waals surface area contributed by atoms with Crippen LogP contribution in [0.1, 0.15) is 89.1 Å². The number of carbonyl (C=O) groups excluding carboxylic acids is 2. The van der Waals surface area contributed by atoms with Crippen molar-refractivity contribution >= 4 is 11.6 Å². The molecule has 0 bridgehead atoms. The highest BCUT2D eigenvalue weighted by Gasteiger charge is 2.70. The molecular formula is C27H36O3. The van der Waals surface area contributed by atoms with Gasteiger partial charge < -0.3 is 4.74 Å². The van der Waals surface area contributed by atoms with Crippen molar-refractivity contribution in [2.24, 2.45) is 34.0 Å². The van der Waals surface area contributed by atoms with Crippen LogP contribution in [0.4, 0.5) is 0 Å². The van der Waals surface area contributed by atoms with Gasteiger partial charge in [-0.1, -0.05) is 34.1 Å². The molecule has 0 radical (unpaired) electrons. The van der Waals surface area contributed by atoms with E-state index in [2.05, 4.69) is 27.7 Å². The monoisotopic (exact) mass is 408 g/mol. The third-order valence-corrected chi connectivity index (χ3v) is 10.4. The van der Waals surface area contributed by atoms with Crippen molar-refractivity contribution < 1.29 is 14.3 Å². The molecule has 0 saturated heterocycles. The van der Waals surface area contributed by atoms with Crippen LogP contribution in [0, 0.1) is 34.0 Å². The number of hydrogen-bond donors (Lipinski definition) is 0. The van der Waals surface area contributed by atoms with Gasteiger partial charge in [0, 0.05) is 17.9 Å². The summed E-state index contributed by atoms with van der Waals surface area (Å²) in [5, 5.41) is 0. The second-order valence-corrected chi connectivity index (χ2v) is 12.0. The van der Waals surface area contributed by atoms with Crippen LogP contribution in [0.3, 0.4) is 0 Å². The first-order chi connectivity index (χ1) is 14.0. The van der Waals surface area contributed by atoms with Gasteiger partial charge in [0.2, 0.25) is 0 Å². The number of hydrogen-bond acceptors (Lipinski definition) is 3. The van der Waals surface area contributed by atoms with Gasteiger partial charge in [0.05, 0.1) is 12.5 Å². The Balaban J connectivity index is 1.66. The lowest BCUT2D eigenvalue weighted by molar-refractivity contribution is -0.175. The third kappa shape index (κ3) is 2.22. The first-order valence-electron chi connectivity index (χ1n) is 11.8. The molecule has 162 valence electrons. The van der Waals surface area contributed by atoms with Gasteiger partial charge >= 0.3 is 0 Å². The Kier molecular flexibility index (Phi) is 4.04. The lowest BCUT2D eigenvalue weighted by Crippen LogP contribution is -2.64. The minimum Gasteiger partial charge on any atom is -0.497 e. The number of fused-ring (bicyclic) bond motifs is 7. The molecule has 4 aliphatic carbocycles. The number of Topliss-reactive ketones (excluding diaryl/α,β-unsaturated/α-hetero) is 2. The number of ether oxygens (including phenoxy) is 1. The minimum absolute atomic E-state index is 0.134. The molecule has 0 amide bonds. The van der Waals surface area contributed by atoms with Gasteiger partial charge in [0.15, 0.2) is 5.78 Å². The Morgan fingerprint density at radius 3 is 2.37 bits per heavy atom. The molecule has 30 heavy (non-hydrogen) atoms. The summed E-state index contributed by atoms with van der Waals surface area (Å²) in [7, 11) is 1.64. The van der Waals surface area contributed by atoms with Gasteiger partial charge in [-0.3, -0.25) is 9.59 Å². The molecular weight excluding hydrogens is 372 g/mol. The van der Waals surface area contributed by atoms with Crippen molar-refractivity contribution in [2.75, 3.05) is 7.11 Å². The predicted molar refractivity (Wildman–Crippen MR) is 118 cm³/mol. The maximum absolute atomic E-state index is 13.9. The maximum Gasteiger partial charge on any atom is 0.168 e. The molecule has 1 aromatic carbocycles. The fraction of sp³-hybridized carbons (Fsp3) is 0.704. The summed E-state index contributed by atoms with van der Waals surface area (Å²) in [5.74, 6) is 1.85. The van der Waals surface area contributed by atoms with Gasteiger partial charge in [-0.2, -0.15) is 0 Å². The molecule has 3 nitrogen and oxygen atoms in total. The zero-order chi connectivity index (χ0) is 21.7. The summed E-state index contributed by atoms with van der Waals surface area (Å²) >= 11 is 0. The van der Waals surface area contributed by atoms with E-state index < -0.39 is 5.41 Å². The van der Waals surface area contributed by atoms with E-state index in [1.807, 2.05) is 25.1 Å². The highest BCUT2D eigenvalue weighted by Crippen LogP contribution is 2.71. The van der Waals surface area contributed by atoms with Crippen LogP contribution in [0.15, 0.2) is 18.2 Å². The summed E-state index contributed by atoms with van der Waals surface area (Å²) in [4.78, 5) is 27.7. The van der Waals surface area contributed by atoms with E-state index in [4.69, 9.17) is 4.74 Å². The molecule has 0 aromatic heterocycles. The van der Waals surface area contributed by atoms with Crippen molar-refractivity contribution in [1.29, 1.82) is 0 Å². The minimum atomic E-state index is -0.723. The van der Waals surface area contributed by atoms with Crippen molar-refractivity contribution in [2.45, 2.75) is 78.6 Å².